The van der Waals surface area contributed by atoms with Crippen molar-refractivity contribution in [1.82, 2.24) is 14.8 Å². The van der Waals surface area contributed by atoms with Crippen LogP contribution in [-0.4, -0.2) is 32.4 Å². The highest BCUT2D eigenvalue weighted by atomic mass is 32.1. The molecule has 0 radical (unpaired) electrons. The number of phenolic OH excluding ortho intramolecular Hbond substituents is 1. The predicted molar refractivity (Wildman–Crippen MR) is 133 cm³/mol. The number of hydrogen-bond acceptors (Lipinski definition) is 7. The van der Waals surface area contributed by atoms with Crippen LogP contribution in [0.2, 0.25) is 0 Å². The van der Waals surface area contributed by atoms with Gasteiger partial charge in [-0.25, -0.2) is 9.79 Å². The van der Waals surface area contributed by atoms with Gasteiger partial charge in [0.1, 0.15) is 5.75 Å². The number of rotatable bonds is 5. The molecule has 1 aliphatic rings. The van der Waals surface area contributed by atoms with Crippen LogP contribution in [0.1, 0.15) is 31.0 Å². The normalized spacial score (nSPS) is 15.6. The summed E-state index contributed by atoms with van der Waals surface area (Å²) in [6, 6.07) is 15.4. The van der Waals surface area contributed by atoms with Crippen molar-refractivity contribution in [1.29, 1.82) is 0 Å². The van der Waals surface area contributed by atoms with Crippen LogP contribution in [0.5, 0.6) is 5.75 Å². The summed E-state index contributed by atoms with van der Waals surface area (Å²) in [7, 11) is 0. The minimum absolute atomic E-state index is 0.0907. The number of aromatic hydroxyl groups is 1. The Bertz CT molecular complexity index is 1610. The number of nitrogens with one attached hydrogen (secondary N) is 1. The molecule has 0 spiro atoms. The van der Waals surface area contributed by atoms with E-state index in [9.17, 15) is 14.7 Å². The van der Waals surface area contributed by atoms with Gasteiger partial charge in [0.2, 0.25) is 0 Å². The number of thiazole rings is 1. The Morgan fingerprint density at radius 1 is 1.20 bits per heavy atom. The average molecular weight is 487 g/mol. The molecule has 1 aliphatic heterocycles. The Labute approximate surface area is 204 Å². The molecular formula is C26H22N4O4S. The Morgan fingerprint density at radius 2 is 1.94 bits per heavy atom. The lowest BCUT2D eigenvalue weighted by Crippen LogP contribution is -2.39. The van der Waals surface area contributed by atoms with Crippen molar-refractivity contribution in [3.63, 3.8) is 0 Å². The van der Waals surface area contributed by atoms with Gasteiger partial charge in [0.15, 0.2) is 4.80 Å². The van der Waals surface area contributed by atoms with Crippen LogP contribution >= 0.6 is 11.3 Å². The van der Waals surface area contributed by atoms with Crippen LogP contribution < -0.4 is 14.9 Å². The van der Waals surface area contributed by atoms with Crippen LogP contribution in [0.25, 0.3) is 17.3 Å². The predicted octanol–water partition coefficient (Wildman–Crippen LogP) is 2.89. The molecule has 0 amide bonds. The van der Waals surface area contributed by atoms with Crippen LogP contribution in [0.15, 0.2) is 81.9 Å². The number of esters is 1. The van der Waals surface area contributed by atoms with E-state index in [2.05, 4.69) is 15.2 Å². The third-order valence-corrected chi connectivity index (χ3v) is 6.73. The second-order valence-corrected chi connectivity index (χ2v) is 8.97. The lowest BCUT2D eigenvalue weighted by molar-refractivity contribution is -0.139. The van der Waals surface area contributed by atoms with E-state index in [-0.39, 0.29) is 17.9 Å². The number of aromatic amines is 1. The average Bonchev–Trinajstić information content (AvgIpc) is 3.44. The first-order chi connectivity index (χ1) is 17.0. The van der Waals surface area contributed by atoms with Crippen LogP contribution in [0.3, 0.4) is 0 Å². The van der Waals surface area contributed by atoms with Gasteiger partial charge < -0.3 is 9.84 Å². The molecule has 9 heteroatoms. The number of fused-ring (bicyclic) bond motifs is 1. The van der Waals surface area contributed by atoms with Crippen LogP contribution in [-0.2, 0) is 9.53 Å². The zero-order chi connectivity index (χ0) is 24.5. The Morgan fingerprint density at radius 3 is 2.66 bits per heavy atom. The van der Waals surface area contributed by atoms with Gasteiger partial charge in [-0.05, 0) is 37.6 Å². The van der Waals surface area contributed by atoms with E-state index in [1.807, 2.05) is 30.3 Å². The lowest BCUT2D eigenvalue weighted by Gasteiger charge is -2.24. The molecule has 0 saturated heterocycles. The summed E-state index contributed by atoms with van der Waals surface area (Å²) in [5.41, 5.74) is 3.69. The molecule has 35 heavy (non-hydrogen) atoms. The number of carbonyl (C=O) groups is 1. The van der Waals surface area contributed by atoms with Crippen molar-refractivity contribution < 1.29 is 14.6 Å². The molecule has 176 valence electrons. The lowest BCUT2D eigenvalue weighted by atomic mass is 9.96. The number of nitrogens with zero attached hydrogens (tertiary/aromatic N) is 3. The van der Waals surface area contributed by atoms with E-state index in [4.69, 9.17) is 4.74 Å². The molecule has 0 aliphatic carbocycles. The summed E-state index contributed by atoms with van der Waals surface area (Å²) in [5.74, 6) is -0.435. The fourth-order valence-corrected chi connectivity index (χ4v) is 5.18. The summed E-state index contributed by atoms with van der Waals surface area (Å²) in [6.45, 7) is 3.67. The van der Waals surface area contributed by atoms with Crippen molar-refractivity contribution >= 4 is 23.4 Å². The Kier molecular flexibility index (Phi) is 5.92. The van der Waals surface area contributed by atoms with Gasteiger partial charge in [-0.1, -0.05) is 53.8 Å². The maximum absolute atomic E-state index is 13.7. The van der Waals surface area contributed by atoms with E-state index in [1.54, 1.807) is 38.3 Å². The maximum Gasteiger partial charge on any atom is 0.338 e. The summed E-state index contributed by atoms with van der Waals surface area (Å²) in [6.07, 6.45) is 3.46. The first kappa shape index (κ1) is 22.5. The molecule has 2 aromatic carbocycles. The minimum atomic E-state index is -0.731. The molecule has 3 heterocycles. The fraction of sp³-hybridized carbons (Fsp3) is 0.154. The first-order valence-electron chi connectivity index (χ1n) is 11.0. The van der Waals surface area contributed by atoms with Gasteiger partial charge in [-0.15, -0.1) is 0 Å². The third kappa shape index (κ3) is 4.10. The molecule has 0 bridgehead atoms. The third-order valence-electron chi connectivity index (χ3n) is 5.74. The first-order valence-corrected chi connectivity index (χ1v) is 11.9. The molecule has 0 saturated carbocycles. The topological polar surface area (TPSA) is 110 Å². The molecule has 0 fully saturated rings. The summed E-state index contributed by atoms with van der Waals surface area (Å²) >= 11 is 1.25. The largest absolute Gasteiger partial charge is 0.508 e. The molecular weight excluding hydrogens is 464 g/mol. The van der Waals surface area contributed by atoms with E-state index >= 15 is 0 Å². The SMILES string of the molecule is CCOC(=O)C1=C(C)N=c2sc(=Cc3cn[nH]c3-c3ccccc3)c(=O)n2[C@@H]1c1ccc(O)cc1. The zero-order valence-corrected chi connectivity index (χ0v) is 19.9. The van der Waals surface area contributed by atoms with Gasteiger partial charge in [-0.2, -0.15) is 5.10 Å². The molecule has 2 N–H and O–H groups in total. The standard InChI is InChI=1S/C26H22N4O4S/c1-3-34-25(33)21-15(2)28-26-30(23(21)17-9-11-19(31)12-10-17)24(32)20(35-26)13-18-14-27-29-22(18)16-7-5-4-6-8-16/h4-14,23,31H,3H2,1-2H3,(H,27,29)/t23-/m1/s1. The van der Waals surface area contributed by atoms with Gasteiger partial charge in [0, 0.05) is 11.1 Å². The number of aromatic nitrogens is 3. The summed E-state index contributed by atoms with van der Waals surface area (Å²) < 4.78 is 7.28. The van der Waals surface area contributed by atoms with Crippen molar-refractivity contribution in [2.45, 2.75) is 19.9 Å². The molecule has 2 aromatic heterocycles. The number of H-pyrrole nitrogens is 1. The van der Waals surface area contributed by atoms with Crippen LogP contribution in [0, 0.1) is 0 Å². The van der Waals surface area contributed by atoms with Crippen molar-refractivity contribution in [2.75, 3.05) is 6.61 Å². The van der Waals surface area contributed by atoms with Gasteiger partial charge in [0.05, 0.1) is 40.3 Å². The number of phenols is 1. The summed E-state index contributed by atoms with van der Waals surface area (Å²) in [4.78, 5) is 31.7. The highest BCUT2D eigenvalue weighted by Crippen LogP contribution is 2.31. The van der Waals surface area contributed by atoms with Gasteiger partial charge >= 0.3 is 5.97 Å². The zero-order valence-electron chi connectivity index (χ0n) is 19.1. The summed E-state index contributed by atoms with van der Waals surface area (Å²) in [5, 5.41) is 17.0. The number of ether oxygens (including phenoxy) is 1. The molecule has 0 unspecified atom stereocenters. The second kappa shape index (κ2) is 9.19. The Balaban J connectivity index is 1.70. The molecule has 8 nitrogen and oxygen atoms in total. The van der Waals surface area contributed by atoms with Crippen molar-refractivity contribution in [2.24, 2.45) is 4.99 Å². The molecule has 1 atom stereocenters. The smallest absolute Gasteiger partial charge is 0.338 e. The minimum Gasteiger partial charge on any atom is -0.508 e. The van der Waals surface area contributed by atoms with Gasteiger partial charge in [-0.3, -0.25) is 14.5 Å². The monoisotopic (exact) mass is 486 g/mol. The van der Waals surface area contributed by atoms with Gasteiger partial charge in [0.25, 0.3) is 5.56 Å². The number of allylic oxidation sites excluding steroid dienone is 1. The highest BCUT2D eigenvalue weighted by Gasteiger charge is 2.33. The molecule has 4 aromatic rings. The van der Waals surface area contributed by atoms with E-state index in [0.717, 1.165) is 16.8 Å². The van der Waals surface area contributed by atoms with Crippen LogP contribution in [0.4, 0.5) is 0 Å². The van der Waals surface area contributed by atoms with Crippen molar-refractivity contribution in [3.8, 4) is 17.0 Å². The number of benzene rings is 2. The number of hydrogen-bond donors (Lipinski definition) is 2. The van der Waals surface area contributed by atoms with Crippen molar-refractivity contribution in [3.05, 3.63) is 103 Å². The Hall–Kier alpha value is -4.24. The molecule has 5 rings (SSSR count). The fourth-order valence-electron chi connectivity index (χ4n) is 4.15. The van der Waals surface area contributed by atoms with E-state index in [0.29, 0.717) is 26.2 Å². The number of carbonyl (C=O) groups excluding carboxylic acids is 1. The second-order valence-electron chi connectivity index (χ2n) is 7.96. The van der Waals surface area contributed by atoms with E-state index in [1.165, 1.54) is 28.0 Å². The quantitative estimate of drug-likeness (QED) is 0.422. The van der Waals surface area contributed by atoms with E-state index < -0.39 is 12.0 Å². The maximum atomic E-state index is 13.7. The highest BCUT2D eigenvalue weighted by molar-refractivity contribution is 7.07.